The SMILES string of the molecule is CC(C)CN(C([C@H](O)[C@H](Cc1ccc(O)cc1)NC(=O)O)[C@@H]1CO[C@H]2OCC[C@H]21)S(=O)(=O)c1ccc2c(c1)OCO2. The number of sulfonamides is 1. The molecular formula is C28H36N2O10S. The van der Waals surface area contributed by atoms with Crippen LogP contribution in [0.15, 0.2) is 47.4 Å². The van der Waals surface area contributed by atoms with Crippen LogP contribution in [0.2, 0.25) is 0 Å². The molecule has 2 aromatic rings. The number of ether oxygens (including phenoxy) is 4. The zero-order valence-electron chi connectivity index (χ0n) is 22.9. The van der Waals surface area contributed by atoms with E-state index in [1.807, 2.05) is 13.8 Å². The normalized spacial score (nSPS) is 23.9. The first kappa shape index (κ1) is 29.4. The van der Waals surface area contributed by atoms with Gasteiger partial charge in [-0.3, -0.25) is 0 Å². The van der Waals surface area contributed by atoms with E-state index >= 15 is 0 Å². The molecule has 6 atom stereocenters. The number of benzene rings is 2. The molecule has 13 heteroatoms. The Morgan fingerprint density at radius 2 is 1.83 bits per heavy atom. The van der Waals surface area contributed by atoms with Crippen molar-refractivity contribution in [2.45, 2.75) is 56.1 Å². The van der Waals surface area contributed by atoms with Crippen LogP contribution in [0, 0.1) is 17.8 Å². The number of phenols is 1. The molecule has 41 heavy (non-hydrogen) atoms. The molecule has 0 aromatic heterocycles. The van der Waals surface area contributed by atoms with E-state index in [0.717, 1.165) is 0 Å². The van der Waals surface area contributed by atoms with E-state index in [9.17, 15) is 28.5 Å². The molecule has 224 valence electrons. The second-order valence-corrected chi connectivity index (χ2v) is 13.0. The molecule has 5 rings (SSSR count). The molecule has 2 fully saturated rings. The zero-order valence-corrected chi connectivity index (χ0v) is 23.7. The minimum absolute atomic E-state index is 0.0157. The summed E-state index contributed by atoms with van der Waals surface area (Å²) in [5.41, 5.74) is 0.651. The topological polar surface area (TPSA) is 164 Å². The fraction of sp³-hybridized carbons (Fsp3) is 0.536. The molecule has 3 heterocycles. The van der Waals surface area contributed by atoms with Gasteiger partial charge in [-0.2, -0.15) is 4.31 Å². The van der Waals surface area contributed by atoms with Crippen molar-refractivity contribution in [1.82, 2.24) is 9.62 Å². The number of aliphatic hydroxyl groups excluding tert-OH is 1. The van der Waals surface area contributed by atoms with E-state index in [0.29, 0.717) is 30.1 Å². The lowest BCUT2D eigenvalue weighted by atomic mass is 9.81. The predicted molar refractivity (Wildman–Crippen MR) is 145 cm³/mol. The number of nitrogens with one attached hydrogen (secondary N) is 1. The molecule has 0 aliphatic carbocycles. The molecule has 12 nitrogen and oxygen atoms in total. The summed E-state index contributed by atoms with van der Waals surface area (Å²) in [4.78, 5) is 11.9. The summed E-state index contributed by atoms with van der Waals surface area (Å²) in [5.74, 6) is -0.00409. The number of nitrogens with zero attached hydrogens (tertiary/aromatic N) is 1. The van der Waals surface area contributed by atoms with Gasteiger partial charge in [-0.05, 0) is 48.6 Å². The van der Waals surface area contributed by atoms with Gasteiger partial charge in [0, 0.05) is 24.4 Å². The first-order chi connectivity index (χ1) is 19.5. The summed E-state index contributed by atoms with van der Waals surface area (Å²) in [7, 11) is -4.24. The maximum atomic E-state index is 14.4. The van der Waals surface area contributed by atoms with Crippen LogP contribution >= 0.6 is 0 Å². The number of rotatable bonds is 11. The Labute approximate surface area is 238 Å². The van der Waals surface area contributed by atoms with Crippen molar-refractivity contribution in [3.63, 3.8) is 0 Å². The Hall–Kier alpha value is -3.10. The summed E-state index contributed by atoms with van der Waals surface area (Å²) < 4.78 is 52.5. The third-order valence-corrected chi connectivity index (χ3v) is 9.68. The smallest absolute Gasteiger partial charge is 0.404 e. The van der Waals surface area contributed by atoms with Crippen LogP contribution < -0.4 is 14.8 Å². The minimum Gasteiger partial charge on any atom is -0.508 e. The molecule has 0 saturated carbocycles. The van der Waals surface area contributed by atoms with Gasteiger partial charge in [0.2, 0.25) is 16.8 Å². The summed E-state index contributed by atoms with van der Waals surface area (Å²) in [6.07, 6.45) is -2.66. The minimum atomic E-state index is -4.24. The highest BCUT2D eigenvalue weighted by Gasteiger charge is 2.52. The summed E-state index contributed by atoms with van der Waals surface area (Å²) in [5, 5.41) is 33.9. The van der Waals surface area contributed by atoms with Crippen LogP contribution in [0.1, 0.15) is 25.8 Å². The number of amides is 1. The van der Waals surface area contributed by atoms with E-state index in [2.05, 4.69) is 5.32 Å². The average molecular weight is 593 g/mol. The predicted octanol–water partition coefficient (Wildman–Crippen LogP) is 2.39. The number of aromatic hydroxyl groups is 1. The van der Waals surface area contributed by atoms with Gasteiger partial charge < -0.3 is 39.6 Å². The Morgan fingerprint density at radius 3 is 2.54 bits per heavy atom. The summed E-state index contributed by atoms with van der Waals surface area (Å²) in [6, 6.07) is 8.44. The van der Waals surface area contributed by atoms with E-state index in [1.54, 1.807) is 12.1 Å². The summed E-state index contributed by atoms with van der Waals surface area (Å²) >= 11 is 0. The van der Waals surface area contributed by atoms with E-state index < -0.39 is 46.5 Å². The highest BCUT2D eigenvalue weighted by atomic mass is 32.2. The molecule has 4 N–H and O–H groups in total. The van der Waals surface area contributed by atoms with Crippen molar-refractivity contribution in [1.29, 1.82) is 0 Å². The molecule has 0 radical (unpaired) electrons. The molecule has 1 unspecified atom stereocenters. The van der Waals surface area contributed by atoms with Crippen molar-refractivity contribution < 1.29 is 47.5 Å². The molecule has 0 spiro atoms. The van der Waals surface area contributed by atoms with Crippen molar-refractivity contribution in [3.05, 3.63) is 48.0 Å². The van der Waals surface area contributed by atoms with Crippen LogP contribution in [-0.4, -0.2) is 85.2 Å². The molecular weight excluding hydrogens is 556 g/mol. The van der Waals surface area contributed by atoms with Crippen LogP contribution in [0.5, 0.6) is 17.2 Å². The Kier molecular flexibility index (Phi) is 8.62. The van der Waals surface area contributed by atoms with Crippen LogP contribution in [-0.2, 0) is 25.9 Å². The molecule has 3 aliphatic heterocycles. The van der Waals surface area contributed by atoms with Gasteiger partial charge in [0.25, 0.3) is 0 Å². The molecule has 3 aliphatic rings. The van der Waals surface area contributed by atoms with Gasteiger partial charge in [-0.25, -0.2) is 13.2 Å². The second-order valence-electron chi connectivity index (χ2n) is 11.1. The lowest BCUT2D eigenvalue weighted by molar-refractivity contribution is -0.0907. The van der Waals surface area contributed by atoms with Gasteiger partial charge in [0.1, 0.15) is 5.75 Å². The standard InChI is InChI=1S/C28H36N2O10S/c1-16(2)13-30(41(35,36)19-7-8-23-24(12-19)40-15-39-23)25(21-14-38-27-20(21)9-10-37-27)26(32)22(29-28(33)34)11-17-3-5-18(31)6-4-17/h3-8,12,16,20-22,25-27,29,31-32H,9-11,13-15H2,1-2H3,(H,33,34)/t20-,21+,22-,25?,26+,27+/m0/s1. The van der Waals surface area contributed by atoms with Crippen LogP contribution in [0.25, 0.3) is 0 Å². The van der Waals surface area contributed by atoms with Gasteiger partial charge in [0.15, 0.2) is 17.8 Å². The lowest BCUT2D eigenvalue weighted by Crippen LogP contribution is -2.60. The maximum Gasteiger partial charge on any atom is 0.404 e. The number of hydrogen-bond acceptors (Lipinski definition) is 9. The number of carboxylic acid groups (broad SMARTS) is 1. The van der Waals surface area contributed by atoms with Crippen LogP contribution in [0.4, 0.5) is 4.79 Å². The fourth-order valence-corrected chi connectivity index (χ4v) is 7.80. The molecule has 1 amide bonds. The Bertz CT molecular complexity index is 1340. The highest BCUT2D eigenvalue weighted by Crippen LogP contribution is 2.42. The van der Waals surface area contributed by atoms with Gasteiger partial charge in [0.05, 0.1) is 36.3 Å². The maximum absolute atomic E-state index is 14.4. The Balaban J connectivity index is 1.57. The van der Waals surface area contributed by atoms with E-state index in [1.165, 1.54) is 34.6 Å². The monoisotopic (exact) mass is 592 g/mol. The van der Waals surface area contributed by atoms with Gasteiger partial charge in [-0.15, -0.1) is 0 Å². The third-order valence-electron chi connectivity index (χ3n) is 7.82. The highest BCUT2D eigenvalue weighted by molar-refractivity contribution is 7.89. The third kappa shape index (κ3) is 6.24. The second kappa shape index (κ2) is 12.0. The average Bonchev–Trinajstić information content (AvgIpc) is 3.66. The zero-order chi connectivity index (χ0) is 29.3. The number of hydrogen-bond donors (Lipinski definition) is 4. The number of fused-ring (bicyclic) bond motifs is 2. The molecule has 2 saturated heterocycles. The van der Waals surface area contributed by atoms with Gasteiger partial charge >= 0.3 is 6.09 Å². The first-order valence-corrected chi connectivity index (χ1v) is 15.1. The van der Waals surface area contributed by atoms with Crippen LogP contribution in [0.3, 0.4) is 0 Å². The van der Waals surface area contributed by atoms with Crippen molar-refractivity contribution in [2.24, 2.45) is 17.8 Å². The number of aliphatic hydroxyl groups is 1. The quantitative estimate of drug-likeness (QED) is 0.305. The Morgan fingerprint density at radius 1 is 1.10 bits per heavy atom. The first-order valence-electron chi connectivity index (χ1n) is 13.6. The molecule has 2 aromatic carbocycles. The van der Waals surface area contributed by atoms with Crippen molar-refractivity contribution in [3.8, 4) is 17.2 Å². The van der Waals surface area contributed by atoms with Crippen molar-refractivity contribution >= 4 is 16.1 Å². The molecule has 0 bridgehead atoms. The largest absolute Gasteiger partial charge is 0.508 e. The lowest BCUT2D eigenvalue weighted by Gasteiger charge is -2.42. The number of carbonyl (C=O) groups is 1. The number of phenolic OH excluding ortho intramolecular Hbond substituents is 1. The fourth-order valence-electron chi connectivity index (χ4n) is 5.94. The van der Waals surface area contributed by atoms with Crippen molar-refractivity contribution in [2.75, 3.05) is 26.6 Å². The summed E-state index contributed by atoms with van der Waals surface area (Å²) in [6.45, 7) is 4.38. The van der Waals surface area contributed by atoms with E-state index in [4.69, 9.17) is 18.9 Å². The van der Waals surface area contributed by atoms with E-state index in [-0.39, 0.29) is 48.8 Å². The van der Waals surface area contributed by atoms with Gasteiger partial charge in [-0.1, -0.05) is 26.0 Å².